The first-order valence-corrected chi connectivity index (χ1v) is 11.5. The van der Waals surface area contributed by atoms with Crippen molar-refractivity contribution in [2.75, 3.05) is 11.1 Å². The summed E-state index contributed by atoms with van der Waals surface area (Å²) in [6, 6.07) is 8.16. The maximum Gasteiger partial charge on any atom is 0.416 e. The molecule has 1 aliphatic carbocycles. The molecule has 36 heavy (non-hydrogen) atoms. The summed E-state index contributed by atoms with van der Waals surface area (Å²) in [4.78, 5) is 25.5. The van der Waals surface area contributed by atoms with E-state index in [0.29, 0.717) is 35.4 Å². The van der Waals surface area contributed by atoms with Gasteiger partial charge in [0.2, 0.25) is 0 Å². The highest BCUT2D eigenvalue weighted by Gasteiger charge is 2.31. The van der Waals surface area contributed by atoms with Gasteiger partial charge >= 0.3 is 6.18 Å². The van der Waals surface area contributed by atoms with Gasteiger partial charge in [-0.25, -0.2) is 15.0 Å². The Kier molecular flexibility index (Phi) is 6.09. The standard InChI is InChI=1S/C25H23F3N6O2/c26-25(27,28)17-9-10-30-19(13-17)32-24(36)16-3-1-14(2-4-16)20-21-22(29)31-11-12-34(21)23(33-20)15-5-7-18(35)8-6-15/h1-4,9-13,15,18,35H,5-8H2,(H2,29,31)(H,30,32,36)/t15-,18-. The van der Waals surface area contributed by atoms with Crippen LogP contribution in [0.25, 0.3) is 16.8 Å². The minimum atomic E-state index is -4.54. The number of alkyl halides is 3. The third-order valence-corrected chi connectivity index (χ3v) is 6.42. The predicted octanol–water partition coefficient (Wildman–Crippen LogP) is 4.66. The molecular weight excluding hydrogens is 473 g/mol. The number of imidazole rings is 1. The van der Waals surface area contributed by atoms with E-state index in [9.17, 15) is 23.1 Å². The molecule has 3 aromatic heterocycles. The molecule has 8 nitrogen and oxygen atoms in total. The lowest BCUT2D eigenvalue weighted by molar-refractivity contribution is -0.137. The van der Waals surface area contributed by atoms with Gasteiger partial charge in [-0.2, -0.15) is 13.2 Å². The number of benzene rings is 1. The number of anilines is 2. The number of hydrogen-bond donors (Lipinski definition) is 3. The number of carbonyl (C=O) groups excluding carboxylic acids is 1. The van der Waals surface area contributed by atoms with Crippen LogP contribution in [0, 0.1) is 0 Å². The van der Waals surface area contributed by atoms with Crippen LogP contribution >= 0.6 is 0 Å². The first-order valence-electron chi connectivity index (χ1n) is 11.5. The number of halogens is 3. The summed E-state index contributed by atoms with van der Waals surface area (Å²) in [5.74, 6) is 0.547. The lowest BCUT2D eigenvalue weighted by atomic mass is 9.87. The molecule has 0 unspecified atom stereocenters. The summed E-state index contributed by atoms with van der Waals surface area (Å²) >= 11 is 0. The Bertz CT molecular complexity index is 1410. The van der Waals surface area contributed by atoms with Gasteiger partial charge in [0.1, 0.15) is 28.7 Å². The number of pyridine rings is 1. The second-order valence-electron chi connectivity index (χ2n) is 8.81. The molecule has 186 valence electrons. The third kappa shape index (κ3) is 4.61. The number of rotatable bonds is 4. The lowest BCUT2D eigenvalue weighted by Crippen LogP contribution is -2.18. The van der Waals surface area contributed by atoms with Crippen molar-refractivity contribution in [1.82, 2.24) is 19.4 Å². The molecule has 0 radical (unpaired) electrons. The maximum absolute atomic E-state index is 12.9. The van der Waals surface area contributed by atoms with Crippen molar-refractivity contribution in [2.45, 2.75) is 43.9 Å². The number of nitrogens with zero attached hydrogens (tertiary/aromatic N) is 4. The highest BCUT2D eigenvalue weighted by Crippen LogP contribution is 2.37. The van der Waals surface area contributed by atoms with Crippen LogP contribution in [-0.4, -0.2) is 36.5 Å². The number of amides is 1. The fourth-order valence-corrected chi connectivity index (χ4v) is 4.55. The monoisotopic (exact) mass is 496 g/mol. The first-order chi connectivity index (χ1) is 17.2. The Morgan fingerprint density at radius 3 is 2.47 bits per heavy atom. The normalized spacial score (nSPS) is 18.3. The smallest absolute Gasteiger partial charge is 0.393 e. The molecule has 1 aromatic carbocycles. The highest BCUT2D eigenvalue weighted by atomic mass is 19.4. The van der Waals surface area contributed by atoms with E-state index in [4.69, 9.17) is 10.7 Å². The van der Waals surface area contributed by atoms with E-state index >= 15 is 0 Å². The second-order valence-corrected chi connectivity index (χ2v) is 8.81. The Hall–Kier alpha value is -3.99. The van der Waals surface area contributed by atoms with Crippen molar-refractivity contribution in [3.8, 4) is 11.3 Å². The number of fused-ring (bicyclic) bond motifs is 1. The fourth-order valence-electron chi connectivity index (χ4n) is 4.55. The Morgan fingerprint density at radius 2 is 1.78 bits per heavy atom. The van der Waals surface area contributed by atoms with Crippen LogP contribution in [0.3, 0.4) is 0 Å². The molecule has 0 spiro atoms. The minimum Gasteiger partial charge on any atom is -0.393 e. The minimum absolute atomic E-state index is 0.168. The van der Waals surface area contributed by atoms with Crippen LogP contribution in [0.4, 0.5) is 24.8 Å². The number of hydrogen-bond acceptors (Lipinski definition) is 6. The topological polar surface area (TPSA) is 118 Å². The van der Waals surface area contributed by atoms with Crippen molar-refractivity contribution < 1.29 is 23.1 Å². The van der Waals surface area contributed by atoms with Gasteiger partial charge in [-0.15, -0.1) is 0 Å². The van der Waals surface area contributed by atoms with Crippen LogP contribution in [0.1, 0.15) is 53.3 Å². The van der Waals surface area contributed by atoms with Gasteiger partial charge in [0.25, 0.3) is 5.91 Å². The number of nitrogens with one attached hydrogen (secondary N) is 1. The summed E-state index contributed by atoms with van der Waals surface area (Å²) in [6.07, 6.45) is 2.63. The number of aromatic nitrogens is 4. The van der Waals surface area contributed by atoms with Gasteiger partial charge in [-0.05, 0) is 49.9 Å². The summed E-state index contributed by atoms with van der Waals surface area (Å²) < 4.78 is 40.7. The second kappa shape index (κ2) is 9.23. The van der Waals surface area contributed by atoms with Crippen LogP contribution in [0.15, 0.2) is 55.0 Å². The van der Waals surface area contributed by atoms with Crippen LogP contribution in [0.5, 0.6) is 0 Å². The van der Waals surface area contributed by atoms with Gasteiger partial charge in [0, 0.05) is 35.6 Å². The van der Waals surface area contributed by atoms with Gasteiger partial charge in [-0.3, -0.25) is 9.20 Å². The molecule has 3 heterocycles. The largest absolute Gasteiger partial charge is 0.416 e. The molecule has 1 fully saturated rings. The number of nitrogen functional groups attached to an aromatic ring is 1. The van der Waals surface area contributed by atoms with Crippen LogP contribution in [-0.2, 0) is 6.18 Å². The number of aliphatic hydroxyl groups is 1. The van der Waals surface area contributed by atoms with E-state index < -0.39 is 17.6 Å². The van der Waals surface area contributed by atoms with Crippen molar-refractivity contribution >= 4 is 23.1 Å². The highest BCUT2D eigenvalue weighted by molar-refractivity contribution is 6.04. The maximum atomic E-state index is 12.9. The molecule has 1 aliphatic rings. The van der Waals surface area contributed by atoms with Crippen LogP contribution < -0.4 is 11.1 Å². The van der Waals surface area contributed by atoms with Gasteiger partial charge in [0.15, 0.2) is 0 Å². The number of nitrogens with two attached hydrogens (primary N) is 1. The van der Waals surface area contributed by atoms with Crippen molar-refractivity contribution in [3.05, 3.63) is 71.9 Å². The number of aliphatic hydroxyl groups excluding tert-OH is 1. The average Bonchev–Trinajstić information content (AvgIpc) is 3.25. The van der Waals surface area contributed by atoms with Crippen molar-refractivity contribution in [2.24, 2.45) is 0 Å². The van der Waals surface area contributed by atoms with E-state index in [2.05, 4.69) is 15.3 Å². The van der Waals surface area contributed by atoms with Crippen LogP contribution in [0.2, 0.25) is 0 Å². The Labute approximate surface area is 204 Å². The molecule has 4 N–H and O–H groups in total. The van der Waals surface area contributed by atoms with E-state index in [1.54, 1.807) is 30.5 Å². The first kappa shape index (κ1) is 23.7. The molecule has 0 aliphatic heterocycles. The van der Waals surface area contributed by atoms with Crippen molar-refractivity contribution in [3.63, 3.8) is 0 Å². The van der Waals surface area contributed by atoms with E-state index in [-0.39, 0.29) is 23.4 Å². The van der Waals surface area contributed by atoms with Gasteiger partial charge in [0.05, 0.1) is 11.7 Å². The molecule has 0 atom stereocenters. The van der Waals surface area contributed by atoms with E-state index in [1.807, 2.05) is 10.6 Å². The fraction of sp³-hybridized carbons (Fsp3) is 0.280. The molecule has 11 heteroatoms. The zero-order valence-electron chi connectivity index (χ0n) is 19.0. The lowest BCUT2D eigenvalue weighted by Gasteiger charge is -2.24. The van der Waals surface area contributed by atoms with Gasteiger partial charge < -0.3 is 16.2 Å². The summed E-state index contributed by atoms with van der Waals surface area (Å²) in [7, 11) is 0. The molecule has 1 saturated carbocycles. The van der Waals surface area contributed by atoms with E-state index in [0.717, 1.165) is 37.0 Å². The number of carbonyl (C=O) groups is 1. The Morgan fingerprint density at radius 1 is 1.06 bits per heavy atom. The van der Waals surface area contributed by atoms with Crippen molar-refractivity contribution in [1.29, 1.82) is 0 Å². The molecule has 4 aromatic rings. The zero-order valence-corrected chi connectivity index (χ0v) is 19.0. The van der Waals surface area contributed by atoms with Gasteiger partial charge in [-0.1, -0.05) is 12.1 Å². The summed E-state index contributed by atoms with van der Waals surface area (Å²) in [5.41, 5.74) is 7.54. The summed E-state index contributed by atoms with van der Waals surface area (Å²) in [6.45, 7) is 0. The zero-order chi connectivity index (χ0) is 25.4. The predicted molar refractivity (Wildman–Crippen MR) is 127 cm³/mol. The molecule has 0 bridgehead atoms. The third-order valence-electron chi connectivity index (χ3n) is 6.42. The van der Waals surface area contributed by atoms with E-state index in [1.165, 1.54) is 0 Å². The molecule has 1 amide bonds. The molecule has 5 rings (SSSR count). The SMILES string of the molecule is Nc1nccn2c1c(-c1ccc(C(=O)Nc3cc(C(F)(F)F)ccn3)cc1)nc2[C@H]1CC[C@H](O)CC1. The average molecular weight is 496 g/mol. The quantitative estimate of drug-likeness (QED) is 0.378. The molecule has 0 saturated heterocycles. The summed E-state index contributed by atoms with van der Waals surface area (Å²) in [5, 5.41) is 12.3. The Balaban J connectivity index is 1.42. The molecular formula is C25H23F3N6O2.